The molecule has 1 unspecified atom stereocenters. The second kappa shape index (κ2) is 4.50. The molecule has 1 N–H and O–H groups in total. The normalized spacial score (nSPS) is 12.9. The van der Waals surface area contributed by atoms with Gasteiger partial charge < -0.3 is 9.67 Å². The molecule has 0 aliphatic carbocycles. The summed E-state index contributed by atoms with van der Waals surface area (Å²) in [6, 6.07) is 0. The molecule has 80 valence electrons. The van der Waals surface area contributed by atoms with Crippen molar-refractivity contribution in [2.24, 2.45) is 0 Å². The van der Waals surface area contributed by atoms with E-state index in [9.17, 15) is 0 Å². The molecular formula is C9H12N4OS. The summed E-state index contributed by atoms with van der Waals surface area (Å²) in [5.41, 5.74) is 0. The third-order valence-electron chi connectivity index (χ3n) is 2.18. The van der Waals surface area contributed by atoms with Crippen molar-refractivity contribution in [3.63, 3.8) is 0 Å². The Labute approximate surface area is 91.4 Å². The molecule has 0 aromatic carbocycles. The van der Waals surface area contributed by atoms with Crippen LogP contribution < -0.4 is 0 Å². The van der Waals surface area contributed by atoms with Crippen molar-refractivity contribution in [3.05, 3.63) is 28.7 Å². The topological polar surface area (TPSA) is 63.8 Å². The largest absolute Gasteiger partial charge is 0.388 e. The van der Waals surface area contributed by atoms with Gasteiger partial charge in [-0.05, 0) is 0 Å². The van der Waals surface area contributed by atoms with Crippen LogP contribution in [0.4, 0.5) is 0 Å². The highest BCUT2D eigenvalue weighted by Gasteiger charge is 2.11. The average Bonchev–Trinajstić information content (AvgIpc) is 2.87. The fourth-order valence-electron chi connectivity index (χ4n) is 1.40. The van der Waals surface area contributed by atoms with Crippen LogP contribution in [-0.4, -0.2) is 24.9 Å². The first kappa shape index (κ1) is 10.3. The number of aliphatic hydroxyl groups is 1. The van der Waals surface area contributed by atoms with Crippen LogP contribution in [0, 0.1) is 0 Å². The molecule has 2 heterocycles. The lowest BCUT2D eigenvalue weighted by Gasteiger charge is -2.10. The molecule has 5 nitrogen and oxygen atoms in total. The second-order valence-electron chi connectivity index (χ2n) is 3.33. The first-order chi connectivity index (χ1) is 7.31. The fraction of sp³-hybridized carbons (Fsp3) is 0.444. The highest BCUT2D eigenvalue weighted by atomic mass is 32.1. The molecule has 0 aliphatic heterocycles. The molecule has 2 rings (SSSR count). The first-order valence-corrected chi connectivity index (χ1v) is 5.56. The van der Waals surface area contributed by atoms with Gasteiger partial charge in [0, 0.05) is 24.0 Å². The van der Waals surface area contributed by atoms with Crippen molar-refractivity contribution >= 4 is 11.3 Å². The van der Waals surface area contributed by atoms with Crippen LogP contribution in [0.15, 0.2) is 17.9 Å². The molecular weight excluding hydrogens is 212 g/mol. The van der Waals surface area contributed by atoms with Gasteiger partial charge in [0.15, 0.2) is 5.82 Å². The molecule has 2 aromatic rings. The lowest BCUT2D eigenvalue weighted by molar-refractivity contribution is 0.263. The van der Waals surface area contributed by atoms with Crippen molar-refractivity contribution in [3.8, 4) is 0 Å². The zero-order valence-corrected chi connectivity index (χ0v) is 9.18. The molecule has 0 amide bonds. The van der Waals surface area contributed by atoms with E-state index in [1.165, 1.54) is 0 Å². The van der Waals surface area contributed by atoms with E-state index in [0.29, 0.717) is 11.7 Å². The van der Waals surface area contributed by atoms with E-state index in [1.807, 2.05) is 9.95 Å². The lowest BCUT2D eigenvalue weighted by Crippen LogP contribution is -2.08. The van der Waals surface area contributed by atoms with Crippen LogP contribution in [0.1, 0.15) is 23.7 Å². The van der Waals surface area contributed by atoms with Gasteiger partial charge in [-0.25, -0.2) is 4.98 Å². The van der Waals surface area contributed by atoms with E-state index < -0.39 is 0 Å². The van der Waals surface area contributed by atoms with Gasteiger partial charge >= 0.3 is 0 Å². The molecule has 0 spiro atoms. The molecule has 0 saturated carbocycles. The van der Waals surface area contributed by atoms with Crippen molar-refractivity contribution in [2.75, 3.05) is 0 Å². The van der Waals surface area contributed by atoms with Gasteiger partial charge in [-0.3, -0.25) is 0 Å². The maximum absolute atomic E-state index is 9.01. The average molecular weight is 224 g/mol. The van der Waals surface area contributed by atoms with Gasteiger partial charge in [0.05, 0.1) is 5.01 Å². The highest BCUT2D eigenvalue weighted by Crippen LogP contribution is 2.19. The Hall–Kier alpha value is -1.27. The van der Waals surface area contributed by atoms with Gasteiger partial charge in [0.25, 0.3) is 0 Å². The number of aliphatic hydroxyl groups excluding tert-OH is 1. The van der Waals surface area contributed by atoms with Crippen LogP contribution in [-0.2, 0) is 13.2 Å². The number of thiazole rings is 1. The molecule has 0 saturated heterocycles. The first-order valence-electron chi connectivity index (χ1n) is 4.68. The molecule has 1 atom stereocenters. The van der Waals surface area contributed by atoms with Gasteiger partial charge in [0.2, 0.25) is 0 Å². The minimum absolute atomic E-state index is 0.0788. The van der Waals surface area contributed by atoms with Gasteiger partial charge in [-0.1, -0.05) is 6.92 Å². The van der Waals surface area contributed by atoms with E-state index in [2.05, 4.69) is 22.1 Å². The maximum atomic E-state index is 9.01. The summed E-state index contributed by atoms with van der Waals surface area (Å²) in [5.74, 6) is 0.907. The van der Waals surface area contributed by atoms with Crippen molar-refractivity contribution in [1.29, 1.82) is 0 Å². The summed E-state index contributed by atoms with van der Waals surface area (Å²) in [6.07, 6.45) is 3.44. The minimum Gasteiger partial charge on any atom is -0.388 e. The molecule has 2 aromatic heterocycles. The smallest absolute Gasteiger partial charge is 0.158 e. The van der Waals surface area contributed by atoms with Crippen molar-refractivity contribution in [2.45, 2.75) is 26.0 Å². The van der Waals surface area contributed by atoms with Crippen molar-refractivity contribution in [1.82, 2.24) is 19.7 Å². The monoisotopic (exact) mass is 224 g/mol. The molecule has 0 fully saturated rings. The summed E-state index contributed by atoms with van der Waals surface area (Å²) in [6.45, 7) is 2.76. The van der Waals surface area contributed by atoms with E-state index in [0.717, 1.165) is 11.6 Å². The second-order valence-corrected chi connectivity index (χ2v) is 4.26. The minimum atomic E-state index is -0.0788. The third-order valence-corrected chi connectivity index (χ3v) is 3.19. The van der Waals surface area contributed by atoms with Gasteiger partial charge in [-0.15, -0.1) is 21.5 Å². The maximum Gasteiger partial charge on any atom is 0.158 e. The zero-order chi connectivity index (χ0) is 10.7. The van der Waals surface area contributed by atoms with Crippen LogP contribution in [0.5, 0.6) is 0 Å². The molecule has 6 heteroatoms. The van der Waals surface area contributed by atoms with Crippen LogP contribution in [0.3, 0.4) is 0 Å². The molecule has 0 radical (unpaired) electrons. The molecule has 0 aliphatic rings. The zero-order valence-electron chi connectivity index (χ0n) is 8.37. The number of nitrogens with zero attached hydrogens (tertiary/aromatic N) is 4. The predicted octanol–water partition coefficient (Wildman–Crippen LogP) is 1.03. The molecule has 0 bridgehead atoms. The van der Waals surface area contributed by atoms with Gasteiger partial charge in [-0.2, -0.15) is 0 Å². The lowest BCUT2D eigenvalue weighted by atomic mass is 10.2. The predicted molar refractivity (Wildman–Crippen MR) is 56.5 cm³/mol. The SMILES string of the molecule is CC(Cn1cnnc1CO)c1nccs1. The standard InChI is InChI=1S/C9H12N4OS/c1-7(9-10-2-3-15-9)4-13-6-11-12-8(13)5-14/h2-3,6-7,14H,4-5H2,1H3. The van der Waals surface area contributed by atoms with Gasteiger partial charge in [0.1, 0.15) is 12.9 Å². The summed E-state index contributed by atoms with van der Waals surface area (Å²) in [4.78, 5) is 4.25. The Bertz CT molecular complexity index is 411. The number of rotatable bonds is 4. The Morgan fingerprint density at radius 1 is 1.60 bits per heavy atom. The van der Waals surface area contributed by atoms with E-state index in [4.69, 9.17) is 5.11 Å². The molecule has 15 heavy (non-hydrogen) atoms. The highest BCUT2D eigenvalue weighted by molar-refractivity contribution is 7.09. The van der Waals surface area contributed by atoms with Crippen LogP contribution >= 0.6 is 11.3 Å². The Morgan fingerprint density at radius 3 is 3.13 bits per heavy atom. The van der Waals surface area contributed by atoms with Crippen LogP contribution in [0.25, 0.3) is 0 Å². The fourth-order valence-corrected chi connectivity index (χ4v) is 2.09. The summed E-state index contributed by atoms with van der Waals surface area (Å²) in [5, 5.41) is 19.6. The van der Waals surface area contributed by atoms with E-state index >= 15 is 0 Å². The quantitative estimate of drug-likeness (QED) is 0.842. The summed E-state index contributed by atoms with van der Waals surface area (Å²) >= 11 is 1.64. The van der Waals surface area contributed by atoms with Crippen molar-refractivity contribution < 1.29 is 5.11 Å². The summed E-state index contributed by atoms with van der Waals surface area (Å²) < 4.78 is 1.85. The number of aromatic nitrogens is 4. The van der Waals surface area contributed by atoms with Crippen LogP contribution in [0.2, 0.25) is 0 Å². The Morgan fingerprint density at radius 2 is 2.47 bits per heavy atom. The van der Waals surface area contributed by atoms with E-state index in [1.54, 1.807) is 23.9 Å². The number of hydrogen-bond donors (Lipinski definition) is 1. The Balaban J connectivity index is 2.09. The Kier molecular flexibility index (Phi) is 3.08. The number of hydrogen-bond acceptors (Lipinski definition) is 5. The van der Waals surface area contributed by atoms with E-state index in [-0.39, 0.29) is 6.61 Å². The third kappa shape index (κ3) is 2.21. The summed E-state index contributed by atoms with van der Waals surface area (Å²) in [7, 11) is 0.